The molecule has 0 aromatic rings. The van der Waals surface area contributed by atoms with Crippen LogP contribution in [-0.4, -0.2) is 60.6 Å². The number of piperazine rings is 1. The van der Waals surface area contributed by atoms with Gasteiger partial charge in [0, 0.05) is 32.3 Å². The van der Waals surface area contributed by atoms with Crippen LogP contribution in [0.2, 0.25) is 0 Å². The molecular weight excluding hydrogens is 168 g/mol. The Labute approximate surface area is 78.4 Å². The molecule has 0 radical (unpaired) electrons. The van der Waals surface area contributed by atoms with Crippen LogP contribution in [0.3, 0.4) is 0 Å². The number of hydrogen-bond acceptors (Lipinski definition) is 3. The second-order valence-corrected chi connectivity index (χ2v) is 3.21. The van der Waals surface area contributed by atoms with Crippen molar-refractivity contribution in [2.24, 2.45) is 0 Å². The summed E-state index contributed by atoms with van der Waals surface area (Å²) >= 11 is 0. The normalized spacial score (nSPS) is 19.7. The zero-order valence-electron chi connectivity index (χ0n) is 7.94. The molecule has 0 aromatic heterocycles. The lowest BCUT2D eigenvalue weighted by molar-refractivity contribution is -0.127. The highest BCUT2D eigenvalue weighted by molar-refractivity contribution is 5.87. The van der Waals surface area contributed by atoms with E-state index in [0.29, 0.717) is 0 Å². The van der Waals surface area contributed by atoms with Crippen LogP contribution in [0.15, 0.2) is 12.2 Å². The van der Waals surface area contributed by atoms with Crippen molar-refractivity contribution >= 4 is 5.91 Å². The summed E-state index contributed by atoms with van der Waals surface area (Å²) in [6, 6.07) is 0. The number of aliphatic hydroxyl groups is 1. The van der Waals surface area contributed by atoms with Gasteiger partial charge in [0.2, 0.25) is 5.91 Å². The van der Waals surface area contributed by atoms with Gasteiger partial charge in [0.1, 0.15) is 0 Å². The molecule has 1 saturated heterocycles. The number of amides is 1. The van der Waals surface area contributed by atoms with Gasteiger partial charge in [-0.15, -0.1) is 0 Å². The summed E-state index contributed by atoms with van der Waals surface area (Å²) in [4.78, 5) is 15.4. The summed E-state index contributed by atoms with van der Waals surface area (Å²) in [6.07, 6.45) is 2.91. The summed E-state index contributed by atoms with van der Waals surface area (Å²) in [7, 11) is 2.05. The third-order valence-corrected chi connectivity index (χ3v) is 2.18. The maximum Gasteiger partial charge on any atom is 0.246 e. The van der Waals surface area contributed by atoms with Gasteiger partial charge in [-0.1, -0.05) is 6.08 Å². The summed E-state index contributed by atoms with van der Waals surface area (Å²) in [5.41, 5.74) is 0. The zero-order chi connectivity index (χ0) is 9.68. The molecule has 4 heteroatoms. The molecule has 0 atom stereocenters. The first-order chi connectivity index (χ1) is 6.24. The molecule has 13 heavy (non-hydrogen) atoms. The zero-order valence-corrected chi connectivity index (χ0v) is 7.94. The highest BCUT2D eigenvalue weighted by Gasteiger charge is 2.16. The quantitative estimate of drug-likeness (QED) is 0.578. The molecule has 1 aliphatic heterocycles. The van der Waals surface area contributed by atoms with Crippen LogP contribution in [0.1, 0.15) is 0 Å². The minimum atomic E-state index is -0.0700. The van der Waals surface area contributed by atoms with E-state index in [4.69, 9.17) is 5.11 Å². The Morgan fingerprint density at radius 1 is 1.38 bits per heavy atom. The Hall–Kier alpha value is -0.870. The fraction of sp³-hybridized carbons (Fsp3) is 0.667. The first-order valence-electron chi connectivity index (χ1n) is 4.49. The van der Waals surface area contributed by atoms with E-state index >= 15 is 0 Å². The number of rotatable bonds is 2. The first-order valence-corrected chi connectivity index (χ1v) is 4.49. The molecule has 1 fully saturated rings. The van der Waals surface area contributed by atoms with Gasteiger partial charge in [-0.3, -0.25) is 4.79 Å². The fourth-order valence-corrected chi connectivity index (χ4v) is 1.29. The Morgan fingerprint density at radius 2 is 2.00 bits per heavy atom. The molecule has 0 aromatic carbocycles. The minimum Gasteiger partial charge on any atom is -0.392 e. The third-order valence-electron chi connectivity index (χ3n) is 2.18. The van der Waals surface area contributed by atoms with E-state index in [1.165, 1.54) is 12.2 Å². The number of carbonyl (C=O) groups excluding carboxylic acids is 1. The van der Waals surface area contributed by atoms with Gasteiger partial charge in [0.15, 0.2) is 0 Å². The van der Waals surface area contributed by atoms with E-state index < -0.39 is 0 Å². The molecule has 4 nitrogen and oxygen atoms in total. The molecule has 0 aliphatic carbocycles. The summed E-state index contributed by atoms with van der Waals surface area (Å²) in [5.74, 6) is 0.00199. The van der Waals surface area contributed by atoms with Crippen molar-refractivity contribution in [3.05, 3.63) is 12.2 Å². The maximum atomic E-state index is 11.4. The van der Waals surface area contributed by atoms with E-state index in [0.717, 1.165) is 26.2 Å². The van der Waals surface area contributed by atoms with Crippen molar-refractivity contribution in [1.82, 2.24) is 9.80 Å². The number of carbonyl (C=O) groups is 1. The maximum absolute atomic E-state index is 11.4. The van der Waals surface area contributed by atoms with Gasteiger partial charge in [-0.2, -0.15) is 0 Å². The standard InChI is InChI=1S/C9H16N2O2/c1-10-4-6-11(7-5-10)9(13)3-2-8-12/h2-3,12H,4-8H2,1H3/b3-2+. The predicted molar refractivity (Wildman–Crippen MR) is 50.3 cm³/mol. The van der Waals surface area contributed by atoms with Crippen molar-refractivity contribution in [3.8, 4) is 0 Å². The van der Waals surface area contributed by atoms with Crippen LogP contribution in [0.5, 0.6) is 0 Å². The molecule has 1 amide bonds. The first kappa shape index (κ1) is 10.2. The van der Waals surface area contributed by atoms with E-state index in [1.807, 2.05) is 7.05 Å². The Morgan fingerprint density at radius 3 is 2.54 bits per heavy atom. The van der Waals surface area contributed by atoms with Crippen molar-refractivity contribution < 1.29 is 9.90 Å². The van der Waals surface area contributed by atoms with Crippen molar-refractivity contribution in [1.29, 1.82) is 0 Å². The second kappa shape index (κ2) is 4.99. The molecule has 1 heterocycles. The molecule has 1 N–H and O–H groups in total. The number of nitrogens with zero attached hydrogens (tertiary/aromatic N) is 2. The fourth-order valence-electron chi connectivity index (χ4n) is 1.29. The predicted octanol–water partition coefficient (Wildman–Crippen LogP) is -0.691. The van der Waals surface area contributed by atoms with Crippen molar-refractivity contribution in [2.75, 3.05) is 39.8 Å². The van der Waals surface area contributed by atoms with Crippen LogP contribution >= 0.6 is 0 Å². The van der Waals surface area contributed by atoms with Crippen LogP contribution in [0.25, 0.3) is 0 Å². The molecule has 1 aliphatic rings. The summed E-state index contributed by atoms with van der Waals surface area (Å²) in [6.45, 7) is 3.35. The Balaban J connectivity index is 2.36. The monoisotopic (exact) mass is 184 g/mol. The van der Waals surface area contributed by atoms with E-state index in [2.05, 4.69) is 4.90 Å². The van der Waals surface area contributed by atoms with Crippen LogP contribution in [0, 0.1) is 0 Å². The highest BCUT2D eigenvalue weighted by atomic mass is 16.2. The second-order valence-electron chi connectivity index (χ2n) is 3.21. The minimum absolute atomic E-state index is 0.00199. The third kappa shape index (κ3) is 3.16. The lowest BCUT2D eigenvalue weighted by Gasteiger charge is -2.31. The lowest BCUT2D eigenvalue weighted by Crippen LogP contribution is -2.46. The topological polar surface area (TPSA) is 43.8 Å². The van der Waals surface area contributed by atoms with E-state index in [1.54, 1.807) is 4.90 Å². The van der Waals surface area contributed by atoms with E-state index in [9.17, 15) is 4.79 Å². The molecule has 0 bridgehead atoms. The van der Waals surface area contributed by atoms with Crippen molar-refractivity contribution in [3.63, 3.8) is 0 Å². The average molecular weight is 184 g/mol. The van der Waals surface area contributed by atoms with E-state index in [-0.39, 0.29) is 12.5 Å². The number of aliphatic hydroxyl groups excluding tert-OH is 1. The summed E-state index contributed by atoms with van der Waals surface area (Å²) < 4.78 is 0. The Kier molecular flexibility index (Phi) is 3.92. The van der Waals surface area contributed by atoms with Crippen molar-refractivity contribution in [2.45, 2.75) is 0 Å². The Bertz CT molecular complexity index is 196. The van der Waals surface area contributed by atoms with Crippen LogP contribution < -0.4 is 0 Å². The van der Waals surface area contributed by atoms with Crippen LogP contribution in [0.4, 0.5) is 0 Å². The molecule has 1 rings (SSSR count). The van der Waals surface area contributed by atoms with Gasteiger partial charge in [-0.05, 0) is 7.05 Å². The van der Waals surface area contributed by atoms with Crippen LogP contribution in [-0.2, 0) is 4.79 Å². The molecule has 74 valence electrons. The average Bonchev–Trinajstić information content (AvgIpc) is 2.15. The van der Waals surface area contributed by atoms with Gasteiger partial charge < -0.3 is 14.9 Å². The van der Waals surface area contributed by atoms with Gasteiger partial charge in [0.05, 0.1) is 6.61 Å². The lowest BCUT2D eigenvalue weighted by atomic mass is 10.3. The molecule has 0 spiro atoms. The highest BCUT2D eigenvalue weighted by Crippen LogP contribution is 1.99. The summed E-state index contributed by atoms with van der Waals surface area (Å²) in [5, 5.41) is 8.49. The smallest absolute Gasteiger partial charge is 0.246 e. The SMILES string of the molecule is CN1CCN(C(=O)/C=C/CO)CC1. The number of likely N-dealkylation sites (N-methyl/N-ethyl adjacent to an activating group) is 1. The molecule has 0 unspecified atom stereocenters. The van der Waals surface area contributed by atoms with Gasteiger partial charge >= 0.3 is 0 Å². The molecular formula is C9H16N2O2. The van der Waals surface area contributed by atoms with Gasteiger partial charge in [-0.25, -0.2) is 0 Å². The largest absolute Gasteiger partial charge is 0.392 e. The molecule has 0 saturated carbocycles. The number of hydrogen-bond donors (Lipinski definition) is 1. The van der Waals surface area contributed by atoms with Gasteiger partial charge in [0.25, 0.3) is 0 Å².